The summed E-state index contributed by atoms with van der Waals surface area (Å²) in [6.07, 6.45) is 1.08. The molecule has 7 heteroatoms. The highest BCUT2D eigenvalue weighted by Crippen LogP contribution is 2.19. The number of nitrogens with one attached hydrogen (secondary N) is 1. The van der Waals surface area contributed by atoms with E-state index in [9.17, 15) is 9.18 Å². The van der Waals surface area contributed by atoms with Crippen molar-refractivity contribution in [2.75, 3.05) is 31.2 Å². The summed E-state index contributed by atoms with van der Waals surface area (Å²) >= 11 is 0. The number of ether oxygens (including phenoxy) is 1. The lowest BCUT2D eigenvalue weighted by Crippen LogP contribution is -2.39. The van der Waals surface area contributed by atoms with Gasteiger partial charge in [-0.2, -0.15) is 0 Å². The molecule has 0 saturated carbocycles. The Labute approximate surface area is 97.5 Å². The first kappa shape index (κ1) is 11.7. The van der Waals surface area contributed by atoms with Crippen molar-refractivity contribution in [3.8, 4) is 0 Å². The minimum Gasteiger partial charge on any atom is -0.378 e. The summed E-state index contributed by atoms with van der Waals surface area (Å²) in [6.45, 7) is 2.35. The van der Waals surface area contributed by atoms with Crippen LogP contribution < -0.4 is 16.2 Å². The first-order chi connectivity index (χ1) is 8.22. The van der Waals surface area contributed by atoms with Crippen LogP contribution in [0.3, 0.4) is 0 Å². The van der Waals surface area contributed by atoms with Crippen LogP contribution in [0.15, 0.2) is 12.3 Å². The Morgan fingerprint density at radius 1 is 1.53 bits per heavy atom. The number of nitrogen functional groups attached to an aromatic ring is 1. The van der Waals surface area contributed by atoms with Crippen LogP contribution in [-0.4, -0.2) is 37.2 Å². The summed E-state index contributed by atoms with van der Waals surface area (Å²) in [4.78, 5) is 17.3. The van der Waals surface area contributed by atoms with Crippen molar-refractivity contribution in [3.05, 3.63) is 23.6 Å². The third kappa shape index (κ3) is 2.51. The van der Waals surface area contributed by atoms with Gasteiger partial charge in [0.1, 0.15) is 11.6 Å². The van der Waals surface area contributed by atoms with Gasteiger partial charge in [0.15, 0.2) is 0 Å². The maximum atomic E-state index is 13.1. The minimum absolute atomic E-state index is 0.134. The molecule has 1 aliphatic rings. The largest absolute Gasteiger partial charge is 0.378 e. The molecule has 1 fully saturated rings. The van der Waals surface area contributed by atoms with Gasteiger partial charge in [0.05, 0.1) is 25.0 Å². The lowest BCUT2D eigenvalue weighted by molar-refractivity contribution is 0.0951. The van der Waals surface area contributed by atoms with Gasteiger partial charge in [-0.05, 0) is 6.07 Å². The Bertz CT molecular complexity index is 421. The highest BCUT2D eigenvalue weighted by Gasteiger charge is 2.20. The molecule has 0 bridgehead atoms. The molecule has 1 aromatic rings. The van der Waals surface area contributed by atoms with E-state index in [1.165, 1.54) is 0 Å². The minimum atomic E-state index is -0.569. The Kier molecular flexibility index (Phi) is 3.50. The molecule has 0 aliphatic carbocycles. The van der Waals surface area contributed by atoms with E-state index in [0.717, 1.165) is 12.3 Å². The van der Waals surface area contributed by atoms with Gasteiger partial charge in [0.25, 0.3) is 5.91 Å². The summed E-state index contributed by atoms with van der Waals surface area (Å²) in [7, 11) is 0. The van der Waals surface area contributed by atoms with Gasteiger partial charge in [0, 0.05) is 13.1 Å². The van der Waals surface area contributed by atoms with Crippen LogP contribution in [-0.2, 0) is 4.74 Å². The molecular formula is C10H13FN4O2. The van der Waals surface area contributed by atoms with Gasteiger partial charge in [-0.1, -0.05) is 0 Å². The SMILES string of the molecule is NNC(=O)c1cc(F)cnc1N1CCOCC1. The van der Waals surface area contributed by atoms with Crippen molar-refractivity contribution in [3.63, 3.8) is 0 Å². The van der Waals surface area contributed by atoms with Gasteiger partial charge in [-0.15, -0.1) is 0 Å². The maximum Gasteiger partial charge on any atom is 0.269 e. The summed E-state index contributed by atoms with van der Waals surface area (Å²) in [6, 6.07) is 1.12. The zero-order valence-corrected chi connectivity index (χ0v) is 9.15. The number of hydrogen-bond acceptors (Lipinski definition) is 5. The number of carbonyl (C=O) groups is 1. The molecule has 0 spiro atoms. The second-order valence-electron chi connectivity index (χ2n) is 3.60. The fourth-order valence-corrected chi connectivity index (χ4v) is 1.70. The molecule has 17 heavy (non-hydrogen) atoms. The average Bonchev–Trinajstić information content (AvgIpc) is 2.38. The molecule has 0 aromatic carbocycles. The van der Waals surface area contributed by atoms with E-state index >= 15 is 0 Å². The lowest BCUT2D eigenvalue weighted by Gasteiger charge is -2.28. The topological polar surface area (TPSA) is 80.5 Å². The van der Waals surface area contributed by atoms with E-state index in [1.807, 2.05) is 10.3 Å². The van der Waals surface area contributed by atoms with E-state index in [-0.39, 0.29) is 5.56 Å². The fraction of sp³-hybridized carbons (Fsp3) is 0.400. The Hall–Kier alpha value is -1.73. The van der Waals surface area contributed by atoms with Crippen molar-refractivity contribution in [2.24, 2.45) is 5.84 Å². The molecule has 0 unspecified atom stereocenters. The zero-order chi connectivity index (χ0) is 12.3. The maximum absolute atomic E-state index is 13.1. The van der Waals surface area contributed by atoms with Crippen LogP contribution in [0.5, 0.6) is 0 Å². The van der Waals surface area contributed by atoms with Crippen LogP contribution in [0.25, 0.3) is 0 Å². The molecule has 1 amide bonds. The third-order valence-corrected chi connectivity index (χ3v) is 2.52. The molecule has 6 nitrogen and oxygen atoms in total. The number of pyridine rings is 1. The number of hydrazine groups is 1. The third-order valence-electron chi connectivity index (χ3n) is 2.52. The van der Waals surface area contributed by atoms with E-state index in [0.29, 0.717) is 32.1 Å². The van der Waals surface area contributed by atoms with Crippen LogP contribution in [0, 0.1) is 5.82 Å². The first-order valence-electron chi connectivity index (χ1n) is 5.21. The first-order valence-corrected chi connectivity index (χ1v) is 5.21. The molecule has 2 rings (SSSR count). The van der Waals surface area contributed by atoms with E-state index in [1.54, 1.807) is 0 Å². The van der Waals surface area contributed by atoms with Gasteiger partial charge in [0.2, 0.25) is 0 Å². The number of halogens is 1. The standard InChI is InChI=1S/C10H13FN4O2/c11-7-5-8(10(16)14-12)9(13-6-7)15-1-3-17-4-2-15/h5-6H,1-4,12H2,(H,14,16). The molecule has 0 radical (unpaired) electrons. The molecule has 2 heterocycles. The molecule has 92 valence electrons. The van der Waals surface area contributed by atoms with E-state index < -0.39 is 11.7 Å². The summed E-state index contributed by atoms with van der Waals surface area (Å²) < 4.78 is 18.3. The second-order valence-corrected chi connectivity index (χ2v) is 3.60. The highest BCUT2D eigenvalue weighted by atomic mass is 19.1. The van der Waals surface area contributed by atoms with E-state index in [2.05, 4.69) is 4.98 Å². The number of morpholine rings is 1. The Morgan fingerprint density at radius 3 is 2.88 bits per heavy atom. The molecule has 1 saturated heterocycles. The Balaban J connectivity index is 2.34. The number of nitrogens with two attached hydrogens (primary N) is 1. The van der Waals surface area contributed by atoms with Crippen molar-refractivity contribution in [1.82, 2.24) is 10.4 Å². The van der Waals surface area contributed by atoms with Gasteiger partial charge < -0.3 is 9.64 Å². The summed E-state index contributed by atoms with van der Waals surface area (Å²) in [5, 5.41) is 0. The van der Waals surface area contributed by atoms with Crippen LogP contribution in [0.2, 0.25) is 0 Å². The van der Waals surface area contributed by atoms with Crippen LogP contribution >= 0.6 is 0 Å². The summed E-state index contributed by atoms with van der Waals surface area (Å²) in [5.74, 6) is 4.36. The summed E-state index contributed by atoms with van der Waals surface area (Å²) in [5.41, 5.74) is 2.12. The Morgan fingerprint density at radius 2 is 2.24 bits per heavy atom. The lowest BCUT2D eigenvalue weighted by atomic mass is 10.2. The average molecular weight is 240 g/mol. The predicted octanol–water partition coefficient (Wildman–Crippen LogP) is -0.339. The smallest absolute Gasteiger partial charge is 0.269 e. The number of anilines is 1. The number of nitrogens with zero attached hydrogens (tertiary/aromatic N) is 2. The van der Waals surface area contributed by atoms with Gasteiger partial charge >= 0.3 is 0 Å². The number of amides is 1. The molecule has 1 aromatic heterocycles. The van der Waals surface area contributed by atoms with Crippen LogP contribution in [0.4, 0.5) is 10.2 Å². The van der Waals surface area contributed by atoms with Crippen molar-refractivity contribution < 1.29 is 13.9 Å². The number of hydrogen-bond donors (Lipinski definition) is 2. The predicted molar refractivity (Wildman–Crippen MR) is 58.9 cm³/mol. The molecule has 3 N–H and O–H groups in total. The van der Waals surface area contributed by atoms with Gasteiger partial charge in [-0.3, -0.25) is 10.2 Å². The number of aromatic nitrogens is 1. The van der Waals surface area contributed by atoms with Gasteiger partial charge in [-0.25, -0.2) is 15.2 Å². The molecule has 1 aliphatic heterocycles. The monoisotopic (exact) mass is 240 g/mol. The highest BCUT2D eigenvalue weighted by molar-refractivity contribution is 5.98. The van der Waals surface area contributed by atoms with Crippen molar-refractivity contribution in [1.29, 1.82) is 0 Å². The molecular weight excluding hydrogens is 227 g/mol. The molecule has 0 atom stereocenters. The van der Waals surface area contributed by atoms with E-state index in [4.69, 9.17) is 10.6 Å². The fourth-order valence-electron chi connectivity index (χ4n) is 1.70. The zero-order valence-electron chi connectivity index (χ0n) is 9.15. The quantitative estimate of drug-likeness (QED) is 0.420. The number of carbonyl (C=O) groups excluding carboxylic acids is 1. The van der Waals surface area contributed by atoms with Crippen LogP contribution in [0.1, 0.15) is 10.4 Å². The normalized spacial score (nSPS) is 15.8. The van der Waals surface area contributed by atoms with Crippen molar-refractivity contribution >= 4 is 11.7 Å². The van der Waals surface area contributed by atoms with Crippen molar-refractivity contribution in [2.45, 2.75) is 0 Å². The second kappa shape index (κ2) is 5.07. The number of rotatable bonds is 2.